The molecule has 1 fully saturated rings. The van der Waals surface area contributed by atoms with Crippen molar-refractivity contribution < 1.29 is 32.2 Å². The molecule has 0 saturated carbocycles. The summed E-state index contributed by atoms with van der Waals surface area (Å²) in [5, 5.41) is 4.99. The molecule has 1 aliphatic heterocycles. The molecule has 1 aliphatic rings. The summed E-state index contributed by atoms with van der Waals surface area (Å²) in [6.45, 7) is 3.76. The number of Topliss-reactive ketones (excluding diaryl/α,β-unsaturated/α-hetero) is 1. The first-order valence-electron chi connectivity index (χ1n) is 12.8. The highest BCUT2D eigenvalue weighted by molar-refractivity contribution is 7.13. The lowest BCUT2D eigenvalue weighted by molar-refractivity contribution is -0.120. The van der Waals surface area contributed by atoms with Crippen molar-refractivity contribution in [3.63, 3.8) is 0 Å². The summed E-state index contributed by atoms with van der Waals surface area (Å²) in [4.78, 5) is 37.5. The van der Waals surface area contributed by atoms with E-state index in [1.807, 2.05) is 24.4 Å². The Morgan fingerprint density at radius 3 is 2.70 bits per heavy atom. The molecular weight excluding hydrogens is 547 g/mol. The molecule has 3 aromatic rings. The van der Waals surface area contributed by atoms with Gasteiger partial charge in [0.15, 0.2) is 17.6 Å². The molecule has 40 heavy (non-hydrogen) atoms. The van der Waals surface area contributed by atoms with Gasteiger partial charge in [0.25, 0.3) is 11.8 Å². The average molecular weight is 578 g/mol. The predicted molar refractivity (Wildman–Crippen MR) is 144 cm³/mol. The Kier molecular flexibility index (Phi) is 9.23. The van der Waals surface area contributed by atoms with Crippen LogP contribution in [0, 0.1) is 5.82 Å². The second-order valence-electron chi connectivity index (χ2n) is 9.73. The maximum Gasteiger partial charge on any atom is 0.278 e. The lowest BCUT2D eigenvalue weighted by Crippen LogP contribution is -2.27. The molecule has 2 atom stereocenters. The molecule has 214 valence electrons. The van der Waals surface area contributed by atoms with Crippen LogP contribution in [0.25, 0.3) is 0 Å². The van der Waals surface area contributed by atoms with E-state index in [4.69, 9.17) is 9.47 Å². The zero-order valence-electron chi connectivity index (χ0n) is 22.3. The normalized spacial score (nSPS) is 16.1. The first-order valence-corrected chi connectivity index (χ1v) is 13.6. The molecule has 9 nitrogen and oxygen atoms in total. The van der Waals surface area contributed by atoms with Crippen molar-refractivity contribution in [2.75, 3.05) is 29.9 Å². The first-order chi connectivity index (χ1) is 19.0. The standard InChI is InChI=1S/C27H30F3N5O4S/c1-16(22(37)9-6-19-13-40-26(34-19)33-17(2)36)18-4-7-20(8-5-18)39-21-10-11-35(12-21)24-23(28)25(32-15-31-24)38-14-27(3,29)30/h4-5,7-8,13,15-16,21H,6,9-12,14H2,1-3H3,(H,33,34,36). The summed E-state index contributed by atoms with van der Waals surface area (Å²) in [6, 6.07) is 7.28. The van der Waals surface area contributed by atoms with Crippen LogP contribution in [0.15, 0.2) is 36.0 Å². The smallest absolute Gasteiger partial charge is 0.278 e. The van der Waals surface area contributed by atoms with E-state index in [2.05, 4.69) is 20.3 Å². The molecular formula is C27H30F3N5O4S. The number of amides is 1. The molecule has 13 heteroatoms. The minimum absolute atomic E-state index is 0.0257. The van der Waals surface area contributed by atoms with Gasteiger partial charge >= 0.3 is 0 Å². The predicted octanol–water partition coefficient (Wildman–Crippen LogP) is 5.03. The Morgan fingerprint density at radius 2 is 2.00 bits per heavy atom. The van der Waals surface area contributed by atoms with Crippen molar-refractivity contribution in [2.24, 2.45) is 0 Å². The molecule has 1 aromatic carbocycles. The number of rotatable bonds is 12. The molecule has 4 rings (SSSR count). The van der Waals surface area contributed by atoms with Gasteiger partial charge < -0.3 is 19.7 Å². The third-order valence-corrected chi connectivity index (χ3v) is 7.08. The van der Waals surface area contributed by atoms with Gasteiger partial charge in [-0.05, 0) is 24.1 Å². The van der Waals surface area contributed by atoms with E-state index < -0.39 is 24.2 Å². The highest BCUT2D eigenvalue weighted by Gasteiger charge is 2.30. The number of alkyl halides is 2. The summed E-state index contributed by atoms with van der Waals surface area (Å²) in [7, 11) is 0. The van der Waals surface area contributed by atoms with Gasteiger partial charge in [0.2, 0.25) is 11.7 Å². The summed E-state index contributed by atoms with van der Waals surface area (Å²) >= 11 is 1.32. The molecule has 0 aliphatic carbocycles. The fourth-order valence-electron chi connectivity index (χ4n) is 4.19. The SMILES string of the molecule is CC(=O)Nc1nc(CCC(=O)C(C)c2ccc(OC3CCN(c4ncnc(OCC(C)(F)F)c4F)C3)cc2)cs1. The van der Waals surface area contributed by atoms with E-state index in [1.165, 1.54) is 18.3 Å². The summed E-state index contributed by atoms with van der Waals surface area (Å²) in [5.74, 6) is -4.36. The number of hydrogen-bond acceptors (Lipinski definition) is 9. The van der Waals surface area contributed by atoms with E-state index in [1.54, 1.807) is 17.0 Å². The second-order valence-corrected chi connectivity index (χ2v) is 10.6. The molecule has 1 saturated heterocycles. The number of aromatic nitrogens is 3. The molecule has 1 amide bonds. The molecule has 0 bridgehead atoms. The third kappa shape index (κ3) is 7.90. The van der Waals surface area contributed by atoms with Crippen LogP contribution in [0.4, 0.5) is 24.1 Å². The van der Waals surface area contributed by atoms with Gasteiger partial charge in [0.05, 0.1) is 12.2 Å². The number of nitrogens with zero attached hydrogens (tertiary/aromatic N) is 4. The fourth-order valence-corrected chi connectivity index (χ4v) is 4.98. The van der Waals surface area contributed by atoms with Gasteiger partial charge in [-0.15, -0.1) is 11.3 Å². The zero-order chi connectivity index (χ0) is 28.9. The summed E-state index contributed by atoms with van der Waals surface area (Å²) in [6.07, 6.45) is 2.25. The van der Waals surface area contributed by atoms with Crippen molar-refractivity contribution in [2.45, 2.75) is 58.0 Å². The Bertz CT molecular complexity index is 1330. The van der Waals surface area contributed by atoms with Gasteiger partial charge in [-0.3, -0.25) is 9.59 Å². The Morgan fingerprint density at radius 1 is 1.25 bits per heavy atom. The van der Waals surface area contributed by atoms with Crippen LogP contribution < -0.4 is 19.7 Å². The van der Waals surface area contributed by atoms with E-state index in [-0.39, 0.29) is 29.5 Å². The van der Waals surface area contributed by atoms with Crippen LogP contribution in [0.2, 0.25) is 0 Å². The number of halogens is 3. The maximum absolute atomic E-state index is 14.8. The Labute approximate surface area is 233 Å². The maximum atomic E-state index is 14.8. The van der Waals surface area contributed by atoms with Gasteiger partial charge in [-0.1, -0.05) is 19.1 Å². The number of nitrogens with one attached hydrogen (secondary N) is 1. The van der Waals surface area contributed by atoms with Crippen molar-refractivity contribution >= 4 is 34.0 Å². The average Bonchev–Trinajstić information content (AvgIpc) is 3.55. The molecule has 2 aromatic heterocycles. The second kappa shape index (κ2) is 12.6. The first kappa shape index (κ1) is 29.2. The molecule has 3 heterocycles. The largest absolute Gasteiger partial charge is 0.489 e. The van der Waals surface area contributed by atoms with Gasteiger partial charge in [0, 0.05) is 44.5 Å². The Balaban J connectivity index is 1.28. The van der Waals surface area contributed by atoms with Crippen LogP contribution in [0.1, 0.15) is 50.8 Å². The molecule has 2 unspecified atom stereocenters. The van der Waals surface area contributed by atoms with Crippen molar-refractivity contribution in [1.82, 2.24) is 15.0 Å². The third-order valence-electron chi connectivity index (χ3n) is 6.27. The number of carbonyl (C=O) groups excluding carboxylic acids is 2. The van der Waals surface area contributed by atoms with Crippen LogP contribution >= 0.6 is 11.3 Å². The van der Waals surface area contributed by atoms with Crippen LogP contribution in [-0.2, 0) is 16.0 Å². The number of hydrogen-bond donors (Lipinski definition) is 1. The van der Waals surface area contributed by atoms with E-state index in [9.17, 15) is 22.8 Å². The summed E-state index contributed by atoms with van der Waals surface area (Å²) in [5.41, 5.74) is 1.62. The number of thiazole rings is 1. The van der Waals surface area contributed by atoms with Gasteiger partial charge in [0.1, 0.15) is 24.0 Å². The van der Waals surface area contributed by atoms with Gasteiger partial charge in [-0.25, -0.2) is 18.7 Å². The molecule has 1 N–H and O–H groups in total. The number of aryl methyl sites for hydroxylation is 1. The number of ketones is 1. The number of carbonyl (C=O) groups is 2. The lowest BCUT2D eigenvalue weighted by Gasteiger charge is -2.20. The zero-order valence-corrected chi connectivity index (χ0v) is 23.1. The lowest BCUT2D eigenvalue weighted by atomic mass is 9.94. The van der Waals surface area contributed by atoms with Crippen molar-refractivity contribution in [3.8, 4) is 11.6 Å². The Hall–Kier alpha value is -3.74. The topological polar surface area (TPSA) is 107 Å². The minimum Gasteiger partial charge on any atom is -0.489 e. The number of benzene rings is 1. The van der Waals surface area contributed by atoms with Crippen LogP contribution in [0.3, 0.4) is 0 Å². The molecule has 0 radical (unpaired) electrons. The quantitative estimate of drug-likeness (QED) is 0.320. The summed E-state index contributed by atoms with van der Waals surface area (Å²) < 4.78 is 51.9. The minimum atomic E-state index is -3.12. The van der Waals surface area contributed by atoms with E-state index in [0.717, 1.165) is 17.6 Å². The highest BCUT2D eigenvalue weighted by Crippen LogP contribution is 2.29. The highest BCUT2D eigenvalue weighted by atomic mass is 32.1. The monoisotopic (exact) mass is 577 g/mol. The van der Waals surface area contributed by atoms with E-state index in [0.29, 0.717) is 50.2 Å². The molecule has 0 spiro atoms. The van der Waals surface area contributed by atoms with Crippen LogP contribution in [0.5, 0.6) is 11.6 Å². The van der Waals surface area contributed by atoms with Crippen LogP contribution in [-0.4, -0.2) is 58.4 Å². The number of ether oxygens (including phenoxy) is 2. The fraction of sp³-hybridized carbons (Fsp3) is 0.444. The van der Waals surface area contributed by atoms with E-state index >= 15 is 0 Å². The van der Waals surface area contributed by atoms with Gasteiger partial charge in [-0.2, -0.15) is 9.37 Å². The van der Waals surface area contributed by atoms with Crippen molar-refractivity contribution in [3.05, 3.63) is 53.0 Å². The number of anilines is 2. The van der Waals surface area contributed by atoms with Crippen molar-refractivity contribution in [1.29, 1.82) is 0 Å².